The van der Waals surface area contributed by atoms with E-state index in [-0.39, 0.29) is 19.0 Å². The van der Waals surface area contributed by atoms with E-state index < -0.39 is 11.5 Å². The Labute approximate surface area is 156 Å². The van der Waals surface area contributed by atoms with Crippen LogP contribution in [0.1, 0.15) is 41.0 Å². The molecule has 0 saturated carbocycles. The SMILES string of the molecule is CC1(C)c2[nH]c3cc(N)ccc3c2C(=O)c2cccc(OCC(O)CO)c21. The summed E-state index contributed by atoms with van der Waals surface area (Å²) in [7, 11) is 0. The Bertz CT molecular complexity index is 1050. The molecule has 0 bridgehead atoms. The van der Waals surface area contributed by atoms with Crippen molar-refractivity contribution >= 4 is 22.4 Å². The highest BCUT2D eigenvalue weighted by atomic mass is 16.5. The number of aliphatic hydroxyl groups excluding tert-OH is 2. The van der Waals surface area contributed by atoms with Gasteiger partial charge in [0.2, 0.25) is 0 Å². The Morgan fingerprint density at radius 2 is 2.04 bits per heavy atom. The second-order valence-corrected chi connectivity index (χ2v) is 7.46. The van der Waals surface area contributed by atoms with E-state index in [1.165, 1.54) is 0 Å². The topological polar surface area (TPSA) is 109 Å². The monoisotopic (exact) mass is 366 g/mol. The molecule has 5 N–H and O–H groups in total. The predicted molar refractivity (Wildman–Crippen MR) is 103 cm³/mol. The summed E-state index contributed by atoms with van der Waals surface area (Å²) < 4.78 is 5.75. The van der Waals surface area contributed by atoms with E-state index >= 15 is 0 Å². The lowest BCUT2D eigenvalue weighted by molar-refractivity contribution is 0.0530. The molecule has 0 spiro atoms. The highest BCUT2D eigenvalue weighted by Crippen LogP contribution is 2.47. The summed E-state index contributed by atoms with van der Waals surface area (Å²) >= 11 is 0. The molecular weight excluding hydrogens is 344 g/mol. The molecule has 140 valence electrons. The number of ketones is 1. The Hall–Kier alpha value is -2.83. The minimum atomic E-state index is -0.977. The van der Waals surface area contributed by atoms with Crippen LogP contribution < -0.4 is 10.5 Å². The Balaban J connectivity index is 1.90. The number of hydrogen-bond acceptors (Lipinski definition) is 5. The Morgan fingerprint density at radius 1 is 1.26 bits per heavy atom. The first kappa shape index (κ1) is 17.6. The maximum atomic E-state index is 13.3. The van der Waals surface area contributed by atoms with Crippen molar-refractivity contribution in [1.29, 1.82) is 0 Å². The van der Waals surface area contributed by atoms with Gasteiger partial charge in [-0.2, -0.15) is 0 Å². The summed E-state index contributed by atoms with van der Waals surface area (Å²) in [5, 5.41) is 19.5. The number of carbonyl (C=O) groups excluding carboxylic acids is 1. The molecule has 27 heavy (non-hydrogen) atoms. The molecule has 6 nitrogen and oxygen atoms in total. The molecule has 0 amide bonds. The molecule has 3 aromatic rings. The van der Waals surface area contributed by atoms with E-state index in [4.69, 9.17) is 15.6 Å². The molecular formula is C21H22N2O4. The highest BCUT2D eigenvalue weighted by Gasteiger charge is 2.41. The van der Waals surface area contributed by atoms with E-state index in [9.17, 15) is 9.90 Å². The standard InChI is InChI=1S/C21H22N2O4/c1-21(2)18-14(4-3-5-16(18)27-10-12(25)9-24)19(26)17-13-7-6-11(22)8-15(13)23-20(17)21/h3-8,12,23-25H,9-10,22H2,1-2H3. The van der Waals surface area contributed by atoms with Gasteiger partial charge < -0.3 is 25.7 Å². The summed E-state index contributed by atoms with van der Waals surface area (Å²) in [6.45, 7) is 3.63. The number of nitrogens with one attached hydrogen (secondary N) is 1. The van der Waals surface area contributed by atoms with Crippen molar-refractivity contribution in [2.75, 3.05) is 18.9 Å². The average molecular weight is 366 g/mol. The predicted octanol–water partition coefficient (Wildman–Crippen LogP) is 2.35. The molecule has 6 heteroatoms. The second-order valence-electron chi connectivity index (χ2n) is 7.46. The van der Waals surface area contributed by atoms with Crippen LogP contribution in [0.25, 0.3) is 10.9 Å². The maximum Gasteiger partial charge on any atom is 0.195 e. The van der Waals surface area contributed by atoms with Crippen LogP contribution in [0.2, 0.25) is 0 Å². The van der Waals surface area contributed by atoms with Crippen molar-refractivity contribution in [3.05, 3.63) is 58.8 Å². The van der Waals surface area contributed by atoms with Gasteiger partial charge in [0.15, 0.2) is 5.78 Å². The van der Waals surface area contributed by atoms with Gasteiger partial charge in [-0.25, -0.2) is 0 Å². The number of rotatable bonds is 4. The quantitative estimate of drug-likeness (QED) is 0.530. The van der Waals surface area contributed by atoms with Gasteiger partial charge in [-0.1, -0.05) is 32.0 Å². The van der Waals surface area contributed by atoms with Crippen molar-refractivity contribution in [2.24, 2.45) is 0 Å². The van der Waals surface area contributed by atoms with Gasteiger partial charge in [0.05, 0.1) is 12.2 Å². The van der Waals surface area contributed by atoms with Gasteiger partial charge in [0.1, 0.15) is 18.5 Å². The molecule has 1 unspecified atom stereocenters. The molecule has 1 aliphatic carbocycles. The number of fused-ring (bicyclic) bond motifs is 4. The van der Waals surface area contributed by atoms with Crippen molar-refractivity contribution in [2.45, 2.75) is 25.4 Å². The number of nitrogens with two attached hydrogens (primary N) is 1. The van der Waals surface area contributed by atoms with E-state index in [2.05, 4.69) is 4.98 Å². The van der Waals surface area contributed by atoms with Crippen LogP contribution in [0.3, 0.4) is 0 Å². The lowest BCUT2D eigenvalue weighted by Gasteiger charge is -2.33. The minimum absolute atomic E-state index is 0.0483. The number of carbonyl (C=O) groups is 1. The van der Waals surface area contributed by atoms with E-state index in [1.807, 2.05) is 26.0 Å². The van der Waals surface area contributed by atoms with Crippen molar-refractivity contribution in [1.82, 2.24) is 4.98 Å². The van der Waals surface area contributed by atoms with E-state index in [0.717, 1.165) is 22.2 Å². The van der Waals surface area contributed by atoms with Gasteiger partial charge in [0.25, 0.3) is 0 Å². The summed E-state index contributed by atoms with van der Waals surface area (Å²) in [6, 6.07) is 10.8. The van der Waals surface area contributed by atoms with Crippen molar-refractivity contribution in [3.63, 3.8) is 0 Å². The molecule has 2 aromatic carbocycles. The molecule has 0 aliphatic heterocycles. The number of anilines is 1. The number of H-pyrrole nitrogens is 1. The molecule has 1 atom stereocenters. The Morgan fingerprint density at radius 3 is 2.78 bits per heavy atom. The third kappa shape index (κ3) is 2.60. The zero-order chi connectivity index (χ0) is 19.3. The lowest BCUT2D eigenvalue weighted by atomic mass is 9.71. The summed E-state index contributed by atoms with van der Waals surface area (Å²) in [5.74, 6) is 0.464. The first-order chi connectivity index (χ1) is 12.8. The maximum absolute atomic E-state index is 13.3. The summed E-state index contributed by atoms with van der Waals surface area (Å²) in [4.78, 5) is 16.7. The van der Waals surface area contributed by atoms with Gasteiger partial charge in [-0.3, -0.25) is 4.79 Å². The fourth-order valence-electron chi connectivity index (χ4n) is 3.90. The summed E-state index contributed by atoms with van der Waals surface area (Å²) in [5.41, 5.74) is 9.68. The first-order valence-electron chi connectivity index (χ1n) is 8.86. The van der Waals surface area contributed by atoms with Crippen LogP contribution in [0.4, 0.5) is 5.69 Å². The summed E-state index contributed by atoms with van der Waals surface area (Å²) in [6.07, 6.45) is -0.977. The van der Waals surface area contributed by atoms with Crippen LogP contribution in [-0.2, 0) is 5.41 Å². The molecule has 0 radical (unpaired) electrons. The van der Waals surface area contributed by atoms with Crippen LogP contribution in [0.15, 0.2) is 36.4 Å². The Kier molecular flexibility index (Phi) is 3.98. The largest absolute Gasteiger partial charge is 0.490 e. The van der Waals surface area contributed by atoms with Crippen LogP contribution in [-0.4, -0.2) is 40.3 Å². The lowest BCUT2D eigenvalue weighted by Crippen LogP contribution is -2.31. The van der Waals surface area contributed by atoms with Crippen molar-refractivity contribution < 1.29 is 19.7 Å². The smallest absolute Gasteiger partial charge is 0.195 e. The minimum Gasteiger partial charge on any atom is -0.490 e. The number of aliphatic hydroxyl groups is 2. The molecule has 0 saturated heterocycles. The molecule has 4 rings (SSSR count). The number of aromatic nitrogens is 1. The average Bonchev–Trinajstić information content (AvgIpc) is 3.03. The third-order valence-corrected chi connectivity index (χ3v) is 5.21. The number of benzene rings is 2. The fraction of sp³-hybridized carbons (Fsp3) is 0.286. The van der Waals surface area contributed by atoms with Crippen LogP contribution >= 0.6 is 0 Å². The van der Waals surface area contributed by atoms with Gasteiger partial charge >= 0.3 is 0 Å². The second kappa shape index (κ2) is 6.11. The normalized spacial score (nSPS) is 16.1. The highest BCUT2D eigenvalue weighted by molar-refractivity contribution is 6.20. The van der Waals surface area contributed by atoms with Gasteiger partial charge in [-0.15, -0.1) is 0 Å². The van der Waals surface area contributed by atoms with Crippen molar-refractivity contribution in [3.8, 4) is 5.75 Å². The first-order valence-corrected chi connectivity index (χ1v) is 8.86. The van der Waals surface area contributed by atoms with Gasteiger partial charge in [-0.05, 0) is 18.2 Å². The van der Waals surface area contributed by atoms with Gasteiger partial charge in [0, 0.05) is 38.8 Å². The fourth-order valence-corrected chi connectivity index (χ4v) is 3.90. The van der Waals surface area contributed by atoms with Crippen LogP contribution in [0, 0.1) is 0 Å². The number of aromatic amines is 1. The molecule has 1 heterocycles. The third-order valence-electron chi connectivity index (χ3n) is 5.21. The molecule has 1 aromatic heterocycles. The number of ether oxygens (including phenoxy) is 1. The molecule has 0 fully saturated rings. The number of nitrogen functional groups attached to an aromatic ring is 1. The van der Waals surface area contributed by atoms with E-state index in [0.29, 0.717) is 22.6 Å². The molecule has 1 aliphatic rings. The number of hydrogen-bond donors (Lipinski definition) is 4. The zero-order valence-electron chi connectivity index (χ0n) is 15.2. The van der Waals surface area contributed by atoms with E-state index in [1.54, 1.807) is 24.3 Å². The zero-order valence-corrected chi connectivity index (χ0v) is 15.2. The van der Waals surface area contributed by atoms with Crippen LogP contribution in [0.5, 0.6) is 5.75 Å².